The van der Waals surface area contributed by atoms with E-state index in [1.165, 1.54) is 0 Å². The number of rotatable bonds is 6. The van der Waals surface area contributed by atoms with Crippen molar-refractivity contribution in [3.05, 3.63) is 24.0 Å². The van der Waals surface area contributed by atoms with Crippen LogP contribution >= 0.6 is 0 Å². The van der Waals surface area contributed by atoms with E-state index in [9.17, 15) is 4.79 Å². The Morgan fingerprint density at radius 2 is 2.31 bits per heavy atom. The molecule has 1 aromatic heterocycles. The zero-order valence-electron chi connectivity index (χ0n) is 10.2. The lowest BCUT2D eigenvalue weighted by molar-refractivity contribution is -0.149. The zero-order valence-corrected chi connectivity index (χ0v) is 10.2. The molecule has 0 spiro atoms. The van der Waals surface area contributed by atoms with Gasteiger partial charge in [-0.1, -0.05) is 0 Å². The van der Waals surface area contributed by atoms with Crippen LogP contribution in [-0.4, -0.2) is 29.6 Å². The fraction of sp³-hybridized carbons (Fsp3) is 0.583. The number of H-pyrrole nitrogens is 1. The molecule has 2 N–H and O–H groups in total. The summed E-state index contributed by atoms with van der Waals surface area (Å²) in [5.41, 5.74) is 0.537. The highest BCUT2D eigenvalue weighted by Gasteiger charge is 2.27. The molecule has 1 aromatic rings. The molecule has 0 aliphatic heterocycles. The molecule has 16 heavy (non-hydrogen) atoms. The van der Waals surface area contributed by atoms with E-state index in [-0.39, 0.29) is 5.97 Å². The summed E-state index contributed by atoms with van der Waals surface area (Å²) < 4.78 is 4.99. The normalized spacial score (nSPS) is 11.4. The number of carbonyl (C=O) groups excluding carboxylic acids is 1. The third-order valence-electron chi connectivity index (χ3n) is 2.41. The highest BCUT2D eigenvalue weighted by Crippen LogP contribution is 2.05. The minimum absolute atomic E-state index is 0.207. The van der Waals surface area contributed by atoms with E-state index < -0.39 is 5.54 Å². The molecule has 1 heterocycles. The van der Waals surface area contributed by atoms with Gasteiger partial charge in [-0.2, -0.15) is 0 Å². The minimum Gasteiger partial charge on any atom is -0.465 e. The number of hydrogen-bond donors (Lipinski definition) is 2. The third kappa shape index (κ3) is 3.70. The van der Waals surface area contributed by atoms with Gasteiger partial charge in [0.05, 0.1) is 6.61 Å². The van der Waals surface area contributed by atoms with Gasteiger partial charge in [0, 0.05) is 18.4 Å². The summed E-state index contributed by atoms with van der Waals surface area (Å²) in [5.74, 6) is -0.207. The van der Waals surface area contributed by atoms with E-state index in [1.54, 1.807) is 0 Å². The summed E-state index contributed by atoms with van der Waals surface area (Å²) >= 11 is 0. The second-order valence-electron chi connectivity index (χ2n) is 4.22. The standard InChI is InChI=1S/C12H20N2O2/c1-4-16-11(15)12(2,3)14-9-7-10-6-5-8-13-10/h5-6,8,13-14H,4,7,9H2,1-3H3. The monoisotopic (exact) mass is 224 g/mol. The van der Waals surface area contributed by atoms with E-state index in [2.05, 4.69) is 10.3 Å². The molecule has 0 bridgehead atoms. The molecule has 0 saturated heterocycles. The molecule has 0 unspecified atom stereocenters. The van der Waals surface area contributed by atoms with Crippen molar-refractivity contribution in [2.75, 3.05) is 13.2 Å². The van der Waals surface area contributed by atoms with Crippen molar-refractivity contribution in [2.24, 2.45) is 0 Å². The van der Waals surface area contributed by atoms with Crippen LogP contribution in [0.1, 0.15) is 26.5 Å². The van der Waals surface area contributed by atoms with Gasteiger partial charge in [0.1, 0.15) is 5.54 Å². The highest BCUT2D eigenvalue weighted by atomic mass is 16.5. The van der Waals surface area contributed by atoms with Crippen LogP contribution in [0, 0.1) is 0 Å². The molecule has 0 aromatic carbocycles. The summed E-state index contributed by atoms with van der Waals surface area (Å²) in [6.45, 7) is 6.64. The maximum absolute atomic E-state index is 11.6. The van der Waals surface area contributed by atoms with Crippen molar-refractivity contribution in [1.82, 2.24) is 10.3 Å². The Hall–Kier alpha value is -1.29. The van der Waals surface area contributed by atoms with Crippen molar-refractivity contribution in [2.45, 2.75) is 32.7 Å². The van der Waals surface area contributed by atoms with Crippen LogP contribution < -0.4 is 5.32 Å². The molecule has 0 fully saturated rings. The Morgan fingerprint density at radius 1 is 1.56 bits per heavy atom. The number of aromatic amines is 1. The molecule has 0 amide bonds. The van der Waals surface area contributed by atoms with Crippen LogP contribution in [0.3, 0.4) is 0 Å². The smallest absolute Gasteiger partial charge is 0.325 e. The Labute approximate surface area is 96.4 Å². The molecule has 0 aliphatic rings. The zero-order chi connectivity index (χ0) is 12.0. The Morgan fingerprint density at radius 3 is 2.88 bits per heavy atom. The van der Waals surface area contributed by atoms with Gasteiger partial charge < -0.3 is 15.0 Å². The maximum atomic E-state index is 11.6. The van der Waals surface area contributed by atoms with Crippen molar-refractivity contribution in [1.29, 1.82) is 0 Å². The Bertz CT molecular complexity index is 318. The fourth-order valence-electron chi connectivity index (χ4n) is 1.42. The van der Waals surface area contributed by atoms with E-state index in [0.29, 0.717) is 6.61 Å². The van der Waals surface area contributed by atoms with Crippen molar-refractivity contribution in [3.8, 4) is 0 Å². The average molecular weight is 224 g/mol. The SMILES string of the molecule is CCOC(=O)C(C)(C)NCCc1ccc[nH]1. The summed E-state index contributed by atoms with van der Waals surface area (Å²) in [5, 5.41) is 3.19. The molecule has 0 radical (unpaired) electrons. The topological polar surface area (TPSA) is 54.1 Å². The molecule has 1 rings (SSSR count). The lowest BCUT2D eigenvalue weighted by Crippen LogP contribution is -2.48. The van der Waals surface area contributed by atoms with E-state index >= 15 is 0 Å². The summed E-state index contributed by atoms with van der Waals surface area (Å²) in [6.07, 6.45) is 2.77. The van der Waals surface area contributed by atoms with E-state index in [0.717, 1.165) is 18.7 Å². The average Bonchev–Trinajstić information content (AvgIpc) is 2.70. The number of esters is 1. The van der Waals surface area contributed by atoms with Crippen LogP contribution in [0.2, 0.25) is 0 Å². The lowest BCUT2D eigenvalue weighted by atomic mass is 10.1. The number of carbonyl (C=O) groups is 1. The number of ether oxygens (including phenoxy) is 1. The summed E-state index contributed by atoms with van der Waals surface area (Å²) in [6, 6.07) is 3.99. The molecule has 0 atom stereocenters. The largest absolute Gasteiger partial charge is 0.465 e. The van der Waals surface area contributed by atoms with Crippen LogP contribution in [-0.2, 0) is 16.0 Å². The molecule has 0 saturated carbocycles. The van der Waals surface area contributed by atoms with Gasteiger partial charge in [-0.3, -0.25) is 4.79 Å². The minimum atomic E-state index is -0.622. The molecular weight excluding hydrogens is 204 g/mol. The second kappa shape index (κ2) is 5.70. The first kappa shape index (κ1) is 12.8. The predicted molar refractivity (Wildman–Crippen MR) is 63.2 cm³/mol. The van der Waals surface area contributed by atoms with Gasteiger partial charge in [0.25, 0.3) is 0 Å². The number of hydrogen-bond acceptors (Lipinski definition) is 3. The van der Waals surface area contributed by atoms with Gasteiger partial charge >= 0.3 is 5.97 Å². The van der Waals surface area contributed by atoms with Gasteiger partial charge in [-0.05, 0) is 39.3 Å². The summed E-state index contributed by atoms with van der Waals surface area (Å²) in [7, 11) is 0. The maximum Gasteiger partial charge on any atom is 0.325 e. The number of nitrogens with one attached hydrogen (secondary N) is 2. The first-order chi connectivity index (χ1) is 7.56. The van der Waals surface area contributed by atoms with Crippen LogP contribution in [0.15, 0.2) is 18.3 Å². The highest BCUT2D eigenvalue weighted by molar-refractivity contribution is 5.79. The first-order valence-corrected chi connectivity index (χ1v) is 5.61. The van der Waals surface area contributed by atoms with Crippen molar-refractivity contribution in [3.63, 3.8) is 0 Å². The number of aromatic nitrogens is 1. The van der Waals surface area contributed by atoms with Gasteiger partial charge in [-0.25, -0.2) is 0 Å². The van der Waals surface area contributed by atoms with Crippen LogP contribution in [0.25, 0.3) is 0 Å². The lowest BCUT2D eigenvalue weighted by Gasteiger charge is -2.23. The molecule has 90 valence electrons. The quantitative estimate of drug-likeness (QED) is 0.720. The molecule has 0 aliphatic carbocycles. The fourth-order valence-corrected chi connectivity index (χ4v) is 1.42. The van der Waals surface area contributed by atoms with E-state index in [4.69, 9.17) is 4.74 Å². The molecule has 4 heteroatoms. The van der Waals surface area contributed by atoms with Gasteiger partial charge in [0.15, 0.2) is 0 Å². The van der Waals surface area contributed by atoms with Gasteiger partial charge in [0.2, 0.25) is 0 Å². The second-order valence-corrected chi connectivity index (χ2v) is 4.22. The van der Waals surface area contributed by atoms with Crippen LogP contribution in [0.5, 0.6) is 0 Å². The molecular formula is C12H20N2O2. The predicted octanol–water partition coefficient (Wildman–Crippen LogP) is 1.49. The first-order valence-electron chi connectivity index (χ1n) is 5.61. The third-order valence-corrected chi connectivity index (χ3v) is 2.41. The summed E-state index contributed by atoms with van der Waals surface area (Å²) in [4.78, 5) is 14.7. The Balaban J connectivity index is 2.33. The Kier molecular flexibility index (Phi) is 4.55. The van der Waals surface area contributed by atoms with Crippen LogP contribution in [0.4, 0.5) is 0 Å². The van der Waals surface area contributed by atoms with Gasteiger partial charge in [-0.15, -0.1) is 0 Å². The molecule has 4 nitrogen and oxygen atoms in total. The van der Waals surface area contributed by atoms with E-state index in [1.807, 2.05) is 39.1 Å². The van der Waals surface area contributed by atoms with Crippen molar-refractivity contribution >= 4 is 5.97 Å². The van der Waals surface area contributed by atoms with Crippen molar-refractivity contribution < 1.29 is 9.53 Å².